The van der Waals surface area contributed by atoms with Crippen molar-refractivity contribution in [1.82, 2.24) is 10.2 Å². The van der Waals surface area contributed by atoms with Crippen LogP contribution in [0.4, 0.5) is 4.39 Å². The van der Waals surface area contributed by atoms with Crippen molar-refractivity contribution in [2.24, 2.45) is 5.92 Å². The maximum absolute atomic E-state index is 13.6. The summed E-state index contributed by atoms with van der Waals surface area (Å²) in [4.78, 5) is 15.1. The summed E-state index contributed by atoms with van der Waals surface area (Å²) < 4.78 is 13.6. The average molecular weight is 375 g/mol. The first-order valence-corrected chi connectivity index (χ1v) is 8.97. The third-order valence-electron chi connectivity index (χ3n) is 5.46. The van der Waals surface area contributed by atoms with Crippen molar-refractivity contribution in [2.45, 2.75) is 25.3 Å². The first-order valence-electron chi connectivity index (χ1n) is 8.97. The van der Waals surface area contributed by atoms with Gasteiger partial charge in [0.15, 0.2) is 0 Å². The van der Waals surface area contributed by atoms with E-state index in [1.54, 1.807) is 12.1 Å². The molecule has 1 N–H and O–H groups in total. The second-order valence-electron chi connectivity index (χ2n) is 7.11. The zero-order valence-corrected chi connectivity index (χ0v) is 15.6. The molecule has 1 saturated carbocycles. The summed E-state index contributed by atoms with van der Waals surface area (Å²) in [7, 11) is 0. The van der Waals surface area contributed by atoms with Crippen molar-refractivity contribution in [3.8, 4) is 0 Å². The molecule has 5 heteroatoms. The number of aryl methyl sites for hydroxylation is 1. The molecule has 1 heterocycles. The Bertz CT molecular complexity index is 797. The molecule has 0 radical (unpaired) electrons. The van der Waals surface area contributed by atoms with Crippen molar-refractivity contribution in [2.75, 3.05) is 19.6 Å². The van der Waals surface area contributed by atoms with Crippen LogP contribution in [0.1, 0.15) is 35.1 Å². The van der Waals surface area contributed by atoms with Crippen LogP contribution >= 0.6 is 12.4 Å². The molecular formula is C21H24ClFN2O. The molecule has 2 aliphatic rings. The van der Waals surface area contributed by atoms with Crippen molar-refractivity contribution in [3.63, 3.8) is 0 Å². The predicted molar refractivity (Wildman–Crippen MR) is 103 cm³/mol. The topological polar surface area (TPSA) is 32.3 Å². The fourth-order valence-electron chi connectivity index (χ4n) is 4.01. The molecule has 1 saturated heterocycles. The minimum Gasteiger partial charge on any atom is -0.333 e. The molecule has 2 aromatic rings. The van der Waals surface area contributed by atoms with Gasteiger partial charge in [-0.25, -0.2) is 4.39 Å². The summed E-state index contributed by atoms with van der Waals surface area (Å²) in [5.74, 6) is 0.357. The molecule has 0 aromatic heterocycles. The maximum atomic E-state index is 13.6. The standard InChI is InChI=1S/C21H23FN2O.ClH/c1-14-5-2-3-8-17(14)18-12-19(18)21(25)24-10-9-23-13-20(24)15-6-4-7-16(22)11-15;/h2-8,11,18-20,23H,9-10,12-13H2,1H3;1H. The lowest BCUT2D eigenvalue weighted by Gasteiger charge is -2.37. The zero-order chi connectivity index (χ0) is 17.4. The van der Waals surface area contributed by atoms with Crippen LogP contribution in [-0.4, -0.2) is 30.4 Å². The Hall–Kier alpha value is -1.91. The number of piperazine rings is 1. The van der Waals surface area contributed by atoms with E-state index in [9.17, 15) is 9.18 Å². The number of carbonyl (C=O) groups excluding carboxylic acids is 1. The number of carbonyl (C=O) groups is 1. The van der Waals surface area contributed by atoms with E-state index in [4.69, 9.17) is 0 Å². The first-order chi connectivity index (χ1) is 12.1. The van der Waals surface area contributed by atoms with Crippen LogP contribution < -0.4 is 5.32 Å². The normalized spacial score (nSPS) is 24.7. The Kier molecular flexibility index (Phi) is 5.64. The highest BCUT2D eigenvalue weighted by Crippen LogP contribution is 2.50. The molecule has 2 aromatic carbocycles. The molecule has 1 aliphatic heterocycles. The summed E-state index contributed by atoms with van der Waals surface area (Å²) in [6.07, 6.45) is 0.920. The number of benzene rings is 2. The molecule has 1 aliphatic carbocycles. The highest BCUT2D eigenvalue weighted by atomic mass is 35.5. The number of nitrogens with one attached hydrogen (secondary N) is 1. The molecule has 3 unspecified atom stereocenters. The summed E-state index contributed by atoms with van der Waals surface area (Å²) in [5, 5.41) is 3.33. The van der Waals surface area contributed by atoms with Gasteiger partial charge in [0, 0.05) is 25.6 Å². The molecule has 0 spiro atoms. The highest BCUT2D eigenvalue weighted by Gasteiger charge is 2.47. The van der Waals surface area contributed by atoms with Crippen LogP contribution in [0.15, 0.2) is 48.5 Å². The lowest BCUT2D eigenvalue weighted by Crippen LogP contribution is -2.49. The maximum Gasteiger partial charge on any atom is 0.226 e. The van der Waals surface area contributed by atoms with Gasteiger partial charge in [-0.15, -0.1) is 12.4 Å². The quantitative estimate of drug-likeness (QED) is 0.885. The van der Waals surface area contributed by atoms with Crippen molar-refractivity contribution in [1.29, 1.82) is 0 Å². The second kappa shape index (κ2) is 7.77. The minimum atomic E-state index is -0.250. The third kappa shape index (κ3) is 3.62. The summed E-state index contributed by atoms with van der Waals surface area (Å²) in [6, 6.07) is 14.9. The summed E-state index contributed by atoms with van der Waals surface area (Å²) >= 11 is 0. The Morgan fingerprint density at radius 3 is 2.77 bits per heavy atom. The zero-order valence-electron chi connectivity index (χ0n) is 14.8. The fraction of sp³-hybridized carbons (Fsp3) is 0.381. The Labute approximate surface area is 160 Å². The van der Waals surface area contributed by atoms with Gasteiger partial charge in [0.05, 0.1) is 6.04 Å². The van der Waals surface area contributed by atoms with Gasteiger partial charge in [-0.1, -0.05) is 36.4 Å². The van der Waals surface area contributed by atoms with E-state index in [-0.39, 0.29) is 36.1 Å². The number of hydrogen-bond donors (Lipinski definition) is 1. The van der Waals surface area contributed by atoms with Crippen LogP contribution in [0.25, 0.3) is 0 Å². The minimum absolute atomic E-state index is 0. The van der Waals surface area contributed by atoms with Crippen LogP contribution in [0.5, 0.6) is 0 Å². The number of rotatable bonds is 3. The first kappa shape index (κ1) is 18.9. The van der Waals surface area contributed by atoms with Gasteiger partial charge in [-0.2, -0.15) is 0 Å². The summed E-state index contributed by atoms with van der Waals surface area (Å²) in [6.45, 7) is 4.25. The largest absolute Gasteiger partial charge is 0.333 e. The Balaban J connectivity index is 0.00000196. The number of halogens is 2. The van der Waals surface area contributed by atoms with E-state index in [0.29, 0.717) is 19.0 Å². The van der Waals surface area contributed by atoms with Crippen molar-refractivity contribution >= 4 is 18.3 Å². The van der Waals surface area contributed by atoms with Gasteiger partial charge in [0.1, 0.15) is 5.82 Å². The van der Waals surface area contributed by atoms with E-state index < -0.39 is 0 Å². The third-order valence-corrected chi connectivity index (χ3v) is 5.46. The molecule has 0 bridgehead atoms. The smallest absolute Gasteiger partial charge is 0.226 e. The Morgan fingerprint density at radius 1 is 1.19 bits per heavy atom. The Morgan fingerprint density at radius 2 is 2.00 bits per heavy atom. The number of nitrogens with zero attached hydrogens (tertiary/aromatic N) is 1. The monoisotopic (exact) mass is 374 g/mol. The molecule has 4 rings (SSSR count). The average Bonchev–Trinajstić information content (AvgIpc) is 3.42. The van der Waals surface area contributed by atoms with Crippen LogP contribution in [-0.2, 0) is 4.79 Å². The molecule has 138 valence electrons. The molecule has 3 atom stereocenters. The molecular weight excluding hydrogens is 351 g/mol. The van der Waals surface area contributed by atoms with Gasteiger partial charge in [0.25, 0.3) is 0 Å². The van der Waals surface area contributed by atoms with E-state index >= 15 is 0 Å². The van der Waals surface area contributed by atoms with Crippen LogP contribution in [0.2, 0.25) is 0 Å². The van der Waals surface area contributed by atoms with E-state index in [1.165, 1.54) is 17.2 Å². The van der Waals surface area contributed by atoms with Gasteiger partial charge >= 0.3 is 0 Å². The number of amides is 1. The second-order valence-corrected chi connectivity index (χ2v) is 7.11. The van der Waals surface area contributed by atoms with Crippen LogP contribution in [0, 0.1) is 18.7 Å². The summed E-state index contributed by atoms with van der Waals surface area (Å²) in [5.41, 5.74) is 3.41. The van der Waals surface area contributed by atoms with Gasteiger partial charge in [-0.05, 0) is 48.1 Å². The van der Waals surface area contributed by atoms with Gasteiger partial charge in [0.2, 0.25) is 5.91 Å². The van der Waals surface area contributed by atoms with Gasteiger partial charge in [-0.3, -0.25) is 4.79 Å². The fourth-order valence-corrected chi connectivity index (χ4v) is 4.01. The number of hydrogen-bond acceptors (Lipinski definition) is 2. The van der Waals surface area contributed by atoms with Crippen LogP contribution in [0.3, 0.4) is 0 Å². The SMILES string of the molecule is Cc1ccccc1C1CC1C(=O)N1CCNCC1c1cccc(F)c1.Cl. The van der Waals surface area contributed by atoms with E-state index in [1.807, 2.05) is 23.1 Å². The van der Waals surface area contributed by atoms with Crippen molar-refractivity contribution in [3.05, 3.63) is 71.0 Å². The highest BCUT2D eigenvalue weighted by molar-refractivity contribution is 5.85. The predicted octanol–water partition coefficient (Wildman–Crippen LogP) is 3.83. The lowest BCUT2D eigenvalue weighted by molar-refractivity contribution is -0.136. The molecule has 1 amide bonds. The van der Waals surface area contributed by atoms with E-state index in [2.05, 4.69) is 24.4 Å². The van der Waals surface area contributed by atoms with E-state index in [0.717, 1.165) is 18.5 Å². The molecule has 3 nitrogen and oxygen atoms in total. The molecule has 26 heavy (non-hydrogen) atoms. The van der Waals surface area contributed by atoms with Crippen molar-refractivity contribution < 1.29 is 9.18 Å². The molecule has 2 fully saturated rings. The lowest BCUT2D eigenvalue weighted by atomic mass is 10.0. The van der Waals surface area contributed by atoms with Gasteiger partial charge < -0.3 is 10.2 Å².